The van der Waals surface area contributed by atoms with Gasteiger partial charge < -0.3 is 20.5 Å². The molecule has 0 bridgehead atoms. The molecule has 1 aromatic carbocycles. The highest BCUT2D eigenvalue weighted by atomic mass is 35.5. The number of hydrogen-bond donors (Lipinski definition) is 2. The van der Waals surface area contributed by atoms with Crippen LogP contribution < -0.4 is 15.8 Å². The number of benzene rings is 1. The van der Waals surface area contributed by atoms with Gasteiger partial charge in [-0.15, -0.1) is 12.4 Å². The number of hydrogen-bond acceptors (Lipinski definition) is 4. The summed E-state index contributed by atoms with van der Waals surface area (Å²) in [5.74, 6) is 0.754. The fraction of sp³-hybridized carbons (Fsp3) is 0.588. The van der Waals surface area contributed by atoms with Crippen LogP contribution in [-0.4, -0.2) is 31.8 Å². The first-order chi connectivity index (χ1) is 10.5. The first-order valence-corrected chi connectivity index (χ1v) is 7.75. The summed E-state index contributed by atoms with van der Waals surface area (Å²) >= 11 is 0. The second-order valence-electron chi connectivity index (χ2n) is 5.52. The van der Waals surface area contributed by atoms with Gasteiger partial charge in [-0.25, -0.2) is 0 Å². The summed E-state index contributed by atoms with van der Waals surface area (Å²) in [7, 11) is 1.56. The van der Waals surface area contributed by atoms with Crippen LogP contribution in [0.2, 0.25) is 0 Å². The minimum Gasteiger partial charge on any atom is -0.490 e. The van der Waals surface area contributed by atoms with E-state index in [-0.39, 0.29) is 36.9 Å². The van der Waals surface area contributed by atoms with Crippen molar-refractivity contribution in [2.75, 3.05) is 13.7 Å². The molecule has 0 heterocycles. The van der Waals surface area contributed by atoms with Crippen molar-refractivity contribution in [3.8, 4) is 5.75 Å². The van der Waals surface area contributed by atoms with Gasteiger partial charge in [-0.2, -0.15) is 0 Å². The molecule has 2 unspecified atom stereocenters. The predicted molar refractivity (Wildman–Crippen MR) is 95.1 cm³/mol. The van der Waals surface area contributed by atoms with E-state index >= 15 is 0 Å². The Hall–Kier alpha value is -1.30. The second-order valence-corrected chi connectivity index (χ2v) is 5.52. The summed E-state index contributed by atoms with van der Waals surface area (Å²) in [5.41, 5.74) is 7.63. The second kappa shape index (κ2) is 11.3. The Bertz CT molecular complexity index is 479. The summed E-state index contributed by atoms with van der Waals surface area (Å²) in [6.45, 7) is 6.91. The van der Waals surface area contributed by atoms with Crippen LogP contribution in [0.25, 0.3) is 0 Å². The number of carbonyl (C=O) groups is 1. The van der Waals surface area contributed by atoms with E-state index in [0.717, 1.165) is 23.3 Å². The number of nitrogens with one attached hydrogen (secondary N) is 1. The van der Waals surface area contributed by atoms with Crippen molar-refractivity contribution < 1.29 is 14.3 Å². The SMILES string of the molecule is CCC(C)Oc1cc(C)ccc1CNC(=O)CC(CN)OC.Cl. The number of nitrogens with two attached hydrogens (primary N) is 1. The van der Waals surface area contributed by atoms with E-state index in [0.29, 0.717) is 13.1 Å². The topological polar surface area (TPSA) is 73.6 Å². The van der Waals surface area contributed by atoms with Gasteiger partial charge in [0.05, 0.1) is 18.6 Å². The third-order valence-corrected chi connectivity index (χ3v) is 3.61. The summed E-state index contributed by atoms with van der Waals surface area (Å²) in [4.78, 5) is 11.9. The largest absolute Gasteiger partial charge is 0.490 e. The maximum atomic E-state index is 11.9. The van der Waals surface area contributed by atoms with Crippen LogP contribution in [0.3, 0.4) is 0 Å². The van der Waals surface area contributed by atoms with Crippen molar-refractivity contribution in [3.05, 3.63) is 29.3 Å². The molecule has 0 aliphatic carbocycles. The van der Waals surface area contributed by atoms with Gasteiger partial charge in [0.2, 0.25) is 5.91 Å². The Morgan fingerprint density at radius 3 is 2.65 bits per heavy atom. The minimum atomic E-state index is -0.242. The zero-order chi connectivity index (χ0) is 16.5. The molecule has 0 aromatic heterocycles. The van der Waals surface area contributed by atoms with Crippen molar-refractivity contribution in [1.29, 1.82) is 0 Å². The molecular formula is C17H29ClN2O3. The molecule has 0 saturated carbocycles. The molecule has 0 aliphatic rings. The summed E-state index contributed by atoms with van der Waals surface area (Å²) < 4.78 is 11.1. The molecule has 0 aliphatic heterocycles. The Balaban J connectivity index is 0.00000484. The summed E-state index contributed by atoms with van der Waals surface area (Å²) in [6, 6.07) is 6.01. The van der Waals surface area contributed by atoms with Gasteiger partial charge in [-0.3, -0.25) is 4.79 Å². The monoisotopic (exact) mass is 344 g/mol. The molecule has 2 atom stereocenters. The fourth-order valence-corrected chi connectivity index (χ4v) is 1.95. The Labute approximate surface area is 145 Å². The van der Waals surface area contributed by atoms with E-state index in [9.17, 15) is 4.79 Å². The van der Waals surface area contributed by atoms with E-state index < -0.39 is 0 Å². The molecule has 6 heteroatoms. The molecule has 3 N–H and O–H groups in total. The van der Waals surface area contributed by atoms with Crippen LogP contribution in [0.15, 0.2) is 18.2 Å². The third kappa shape index (κ3) is 7.68. The van der Waals surface area contributed by atoms with Crippen molar-refractivity contribution in [2.24, 2.45) is 5.73 Å². The van der Waals surface area contributed by atoms with Crippen LogP contribution in [0.1, 0.15) is 37.8 Å². The average Bonchev–Trinajstić information content (AvgIpc) is 2.51. The first kappa shape index (κ1) is 21.7. The molecule has 0 spiro atoms. The smallest absolute Gasteiger partial charge is 0.222 e. The number of methoxy groups -OCH3 is 1. The summed E-state index contributed by atoms with van der Waals surface area (Å²) in [6.07, 6.45) is 1.10. The lowest BCUT2D eigenvalue weighted by Crippen LogP contribution is -2.32. The lowest BCUT2D eigenvalue weighted by Gasteiger charge is -2.18. The van der Waals surface area contributed by atoms with Gasteiger partial charge in [-0.1, -0.05) is 19.1 Å². The number of halogens is 1. The zero-order valence-electron chi connectivity index (χ0n) is 14.4. The van der Waals surface area contributed by atoms with Gasteiger partial charge in [0.25, 0.3) is 0 Å². The number of amides is 1. The van der Waals surface area contributed by atoms with Crippen LogP contribution in [-0.2, 0) is 16.1 Å². The van der Waals surface area contributed by atoms with E-state index in [1.807, 2.05) is 32.0 Å². The van der Waals surface area contributed by atoms with Gasteiger partial charge in [0.15, 0.2) is 0 Å². The molecule has 132 valence electrons. The molecule has 0 fully saturated rings. The lowest BCUT2D eigenvalue weighted by molar-refractivity contribution is -0.123. The average molecular weight is 345 g/mol. The van der Waals surface area contributed by atoms with Gasteiger partial charge >= 0.3 is 0 Å². The predicted octanol–water partition coefficient (Wildman–Crippen LogP) is 2.57. The normalized spacial score (nSPS) is 12.9. The highest BCUT2D eigenvalue weighted by Crippen LogP contribution is 2.22. The number of carbonyl (C=O) groups excluding carboxylic acids is 1. The maximum Gasteiger partial charge on any atom is 0.222 e. The molecule has 0 radical (unpaired) electrons. The Morgan fingerprint density at radius 1 is 1.39 bits per heavy atom. The molecule has 0 saturated heterocycles. The highest BCUT2D eigenvalue weighted by molar-refractivity contribution is 5.85. The van der Waals surface area contributed by atoms with E-state index in [1.165, 1.54) is 0 Å². The van der Waals surface area contributed by atoms with Crippen LogP contribution in [0, 0.1) is 6.92 Å². The first-order valence-electron chi connectivity index (χ1n) is 7.75. The molecule has 1 rings (SSSR count). The molecule has 1 aromatic rings. The molecule has 1 amide bonds. The van der Waals surface area contributed by atoms with E-state index in [1.54, 1.807) is 7.11 Å². The van der Waals surface area contributed by atoms with E-state index in [4.69, 9.17) is 15.2 Å². The Kier molecular flexibility index (Phi) is 10.6. The van der Waals surface area contributed by atoms with Crippen molar-refractivity contribution >= 4 is 18.3 Å². The zero-order valence-corrected chi connectivity index (χ0v) is 15.2. The van der Waals surface area contributed by atoms with Crippen LogP contribution >= 0.6 is 12.4 Å². The number of ether oxygens (including phenoxy) is 2. The highest BCUT2D eigenvalue weighted by Gasteiger charge is 2.13. The Morgan fingerprint density at radius 2 is 2.09 bits per heavy atom. The van der Waals surface area contributed by atoms with Crippen molar-refractivity contribution in [2.45, 2.75) is 52.4 Å². The van der Waals surface area contributed by atoms with Crippen molar-refractivity contribution in [3.63, 3.8) is 0 Å². The van der Waals surface area contributed by atoms with Gasteiger partial charge in [0, 0.05) is 25.8 Å². The van der Waals surface area contributed by atoms with Gasteiger partial charge in [0.1, 0.15) is 5.75 Å². The number of aryl methyl sites for hydroxylation is 1. The van der Waals surface area contributed by atoms with E-state index in [2.05, 4.69) is 12.2 Å². The lowest BCUT2D eigenvalue weighted by atomic mass is 10.1. The standard InChI is InChI=1S/C17H28N2O3.ClH/c1-5-13(3)22-16-8-12(2)6-7-14(16)11-19-17(20)9-15(10-18)21-4;/h6-8,13,15H,5,9-11,18H2,1-4H3,(H,19,20);1H. The molecular weight excluding hydrogens is 316 g/mol. The molecule has 5 nitrogen and oxygen atoms in total. The van der Waals surface area contributed by atoms with Crippen LogP contribution in [0.5, 0.6) is 5.75 Å². The van der Waals surface area contributed by atoms with Gasteiger partial charge in [-0.05, 0) is 31.9 Å². The van der Waals surface area contributed by atoms with Crippen LogP contribution in [0.4, 0.5) is 0 Å². The number of rotatable bonds is 9. The summed E-state index contributed by atoms with van der Waals surface area (Å²) in [5, 5.41) is 2.89. The third-order valence-electron chi connectivity index (χ3n) is 3.61. The molecule has 23 heavy (non-hydrogen) atoms. The quantitative estimate of drug-likeness (QED) is 0.722. The fourth-order valence-electron chi connectivity index (χ4n) is 1.95. The van der Waals surface area contributed by atoms with Crippen molar-refractivity contribution in [1.82, 2.24) is 5.32 Å². The minimum absolute atomic E-state index is 0. The maximum absolute atomic E-state index is 11.9.